The van der Waals surface area contributed by atoms with Crippen LogP contribution in [0.1, 0.15) is 37.7 Å². The van der Waals surface area contributed by atoms with Gasteiger partial charge < -0.3 is 5.32 Å². The third kappa shape index (κ3) is 3.88. The summed E-state index contributed by atoms with van der Waals surface area (Å²) in [6.07, 6.45) is 10.2. The van der Waals surface area contributed by atoms with Crippen LogP contribution < -0.4 is 10.2 Å². The molecule has 1 unspecified atom stereocenters. The van der Waals surface area contributed by atoms with Crippen molar-refractivity contribution in [1.29, 1.82) is 0 Å². The first-order valence-electron chi connectivity index (χ1n) is 9.29. The molecular formula is C20H21BrN4O2. The zero-order chi connectivity index (χ0) is 18.8. The smallest absolute Gasteiger partial charge is 0.248 e. The fourth-order valence-electron chi connectivity index (χ4n) is 4.10. The number of fused-ring (bicyclic) bond motifs is 1. The minimum Gasteiger partial charge on any atom is -0.308 e. The van der Waals surface area contributed by atoms with Gasteiger partial charge >= 0.3 is 0 Å². The van der Waals surface area contributed by atoms with Gasteiger partial charge in [0.2, 0.25) is 11.8 Å². The molecule has 1 atom stereocenters. The maximum absolute atomic E-state index is 13.1. The lowest BCUT2D eigenvalue weighted by atomic mass is 9.96. The molecule has 1 saturated carbocycles. The molecule has 7 heteroatoms. The molecule has 1 N–H and O–H groups in total. The van der Waals surface area contributed by atoms with Crippen molar-refractivity contribution in [2.45, 2.75) is 44.6 Å². The van der Waals surface area contributed by atoms with Gasteiger partial charge in [0.05, 0.1) is 12.6 Å². The number of hydrogen-bond acceptors (Lipinski definition) is 4. The zero-order valence-corrected chi connectivity index (χ0v) is 16.5. The van der Waals surface area contributed by atoms with Crippen LogP contribution in [-0.2, 0) is 16.0 Å². The van der Waals surface area contributed by atoms with Gasteiger partial charge in [0.25, 0.3) is 0 Å². The molecule has 6 nitrogen and oxygen atoms in total. The molecule has 2 aromatic rings. The third-order valence-electron chi connectivity index (χ3n) is 5.38. The van der Waals surface area contributed by atoms with Gasteiger partial charge in [-0.05, 0) is 30.0 Å². The molecule has 2 aliphatic rings. The van der Waals surface area contributed by atoms with Gasteiger partial charge in [-0.2, -0.15) is 0 Å². The van der Waals surface area contributed by atoms with Gasteiger partial charge in [-0.25, -0.2) is 4.98 Å². The zero-order valence-electron chi connectivity index (χ0n) is 14.9. The van der Waals surface area contributed by atoms with Gasteiger partial charge in [0, 0.05) is 22.6 Å². The number of nitrogens with one attached hydrogen (secondary N) is 1. The second kappa shape index (κ2) is 7.76. The highest BCUT2D eigenvalue weighted by Crippen LogP contribution is 2.37. The summed E-state index contributed by atoms with van der Waals surface area (Å²) in [7, 11) is 0. The average Bonchev–Trinajstić information content (AvgIpc) is 3.27. The molecular weight excluding hydrogens is 408 g/mol. The van der Waals surface area contributed by atoms with Crippen molar-refractivity contribution in [3.8, 4) is 0 Å². The summed E-state index contributed by atoms with van der Waals surface area (Å²) in [4.78, 5) is 35.8. The maximum atomic E-state index is 13.1. The Morgan fingerprint density at radius 3 is 2.85 bits per heavy atom. The van der Waals surface area contributed by atoms with E-state index < -0.39 is 6.04 Å². The summed E-state index contributed by atoms with van der Waals surface area (Å²) in [6.45, 7) is 0. The minimum atomic E-state index is -0.543. The van der Waals surface area contributed by atoms with Crippen molar-refractivity contribution >= 4 is 39.2 Å². The molecule has 1 aliphatic carbocycles. The van der Waals surface area contributed by atoms with E-state index in [9.17, 15) is 9.59 Å². The minimum absolute atomic E-state index is 0.0274. The van der Waals surface area contributed by atoms with Crippen LogP contribution in [0.5, 0.6) is 0 Å². The van der Waals surface area contributed by atoms with Crippen molar-refractivity contribution < 1.29 is 9.59 Å². The highest BCUT2D eigenvalue weighted by atomic mass is 79.9. The SMILES string of the molecule is O=C(Nc1cnccn1)C(CC1CCCC1)N1C(=O)Cc2ccc(Br)cc21. The number of aromatic nitrogens is 2. The van der Waals surface area contributed by atoms with Gasteiger partial charge in [-0.1, -0.05) is 47.7 Å². The Hall–Kier alpha value is -2.28. The first kappa shape index (κ1) is 18.1. The summed E-state index contributed by atoms with van der Waals surface area (Å²) in [6, 6.07) is 5.27. The Bertz CT molecular complexity index is 852. The number of benzene rings is 1. The molecule has 27 heavy (non-hydrogen) atoms. The highest BCUT2D eigenvalue weighted by Gasteiger charge is 2.38. The predicted molar refractivity (Wildman–Crippen MR) is 106 cm³/mol. The van der Waals surface area contributed by atoms with Crippen LogP contribution in [0.3, 0.4) is 0 Å². The highest BCUT2D eigenvalue weighted by molar-refractivity contribution is 9.10. The molecule has 2 amide bonds. The quantitative estimate of drug-likeness (QED) is 0.787. The Balaban J connectivity index is 1.64. The van der Waals surface area contributed by atoms with E-state index in [0.717, 1.165) is 28.6 Å². The topological polar surface area (TPSA) is 75.2 Å². The summed E-state index contributed by atoms with van der Waals surface area (Å²) in [5.74, 6) is 0.635. The van der Waals surface area contributed by atoms with Gasteiger partial charge in [-0.3, -0.25) is 19.5 Å². The van der Waals surface area contributed by atoms with Crippen molar-refractivity contribution in [3.63, 3.8) is 0 Å². The van der Waals surface area contributed by atoms with Crippen LogP contribution in [0.4, 0.5) is 11.5 Å². The maximum Gasteiger partial charge on any atom is 0.248 e. The van der Waals surface area contributed by atoms with Crippen LogP contribution in [-0.4, -0.2) is 27.8 Å². The summed E-state index contributed by atoms with van der Waals surface area (Å²) in [5.41, 5.74) is 1.79. The molecule has 0 bridgehead atoms. The van der Waals surface area contributed by atoms with E-state index in [1.54, 1.807) is 11.1 Å². The molecule has 2 heterocycles. The van der Waals surface area contributed by atoms with Crippen LogP contribution in [0.15, 0.2) is 41.3 Å². The van der Waals surface area contributed by atoms with E-state index in [0.29, 0.717) is 24.6 Å². The number of nitrogens with zero attached hydrogens (tertiary/aromatic N) is 3. The predicted octanol–water partition coefficient (Wildman–Crippen LogP) is 3.72. The van der Waals surface area contributed by atoms with E-state index >= 15 is 0 Å². The molecule has 1 aromatic heterocycles. The van der Waals surface area contributed by atoms with E-state index in [1.165, 1.54) is 25.2 Å². The van der Waals surface area contributed by atoms with E-state index in [1.807, 2.05) is 18.2 Å². The summed E-state index contributed by atoms with van der Waals surface area (Å²) >= 11 is 3.48. The lowest BCUT2D eigenvalue weighted by molar-refractivity contribution is -0.123. The Kier molecular flexibility index (Phi) is 5.20. The molecule has 1 aromatic carbocycles. The first-order valence-corrected chi connectivity index (χ1v) is 10.1. The normalized spacial score (nSPS) is 17.8. The fraction of sp³-hybridized carbons (Fsp3) is 0.400. The van der Waals surface area contributed by atoms with Crippen LogP contribution in [0, 0.1) is 5.92 Å². The lowest BCUT2D eigenvalue weighted by Gasteiger charge is -2.29. The summed E-state index contributed by atoms with van der Waals surface area (Å²) < 4.78 is 0.898. The molecule has 1 aliphatic heterocycles. The number of carbonyl (C=O) groups excluding carboxylic acids is 2. The fourth-order valence-corrected chi connectivity index (χ4v) is 4.45. The number of anilines is 2. The first-order chi connectivity index (χ1) is 13.1. The number of rotatable bonds is 5. The lowest BCUT2D eigenvalue weighted by Crippen LogP contribution is -2.47. The van der Waals surface area contributed by atoms with Gasteiger partial charge in [0.1, 0.15) is 6.04 Å². The second-order valence-corrected chi connectivity index (χ2v) is 8.11. The summed E-state index contributed by atoms with van der Waals surface area (Å²) in [5, 5.41) is 2.84. The van der Waals surface area contributed by atoms with E-state index in [4.69, 9.17) is 0 Å². The monoisotopic (exact) mass is 428 g/mol. The van der Waals surface area contributed by atoms with Crippen molar-refractivity contribution in [2.75, 3.05) is 10.2 Å². The van der Waals surface area contributed by atoms with E-state index in [-0.39, 0.29) is 11.8 Å². The van der Waals surface area contributed by atoms with Crippen molar-refractivity contribution in [2.24, 2.45) is 5.92 Å². The molecule has 0 spiro atoms. The Labute approximate surface area is 166 Å². The second-order valence-electron chi connectivity index (χ2n) is 7.20. The molecule has 1 fully saturated rings. The van der Waals surface area contributed by atoms with Crippen molar-refractivity contribution in [3.05, 3.63) is 46.8 Å². The van der Waals surface area contributed by atoms with E-state index in [2.05, 4.69) is 31.2 Å². The molecule has 0 saturated heterocycles. The third-order valence-corrected chi connectivity index (χ3v) is 5.87. The number of hydrogen-bond donors (Lipinski definition) is 1. The van der Waals surface area contributed by atoms with Gasteiger partial charge in [-0.15, -0.1) is 0 Å². The van der Waals surface area contributed by atoms with Gasteiger partial charge in [0.15, 0.2) is 5.82 Å². The molecule has 0 radical (unpaired) electrons. The Morgan fingerprint density at radius 1 is 1.30 bits per heavy atom. The van der Waals surface area contributed by atoms with Crippen LogP contribution in [0.2, 0.25) is 0 Å². The van der Waals surface area contributed by atoms with Crippen molar-refractivity contribution in [1.82, 2.24) is 9.97 Å². The largest absolute Gasteiger partial charge is 0.308 e. The number of carbonyl (C=O) groups is 2. The number of halogens is 1. The molecule has 140 valence electrons. The standard InChI is InChI=1S/C20H21BrN4O2/c21-15-6-5-14-10-19(26)25(16(14)11-15)17(9-13-3-1-2-4-13)20(27)24-18-12-22-7-8-23-18/h5-8,11-13,17H,1-4,9-10H2,(H,23,24,27). The average molecular weight is 429 g/mol. The number of amides is 2. The van der Waals surface area contributed by atoms with Crippen LogP contribution >= 0.6 is 15.9 Å². The van der Waals surface area contributed by atoms with Crippen LogP contribution in [0.25, 0.3) is 0 Å². The Morgan fingerprint density at radius 2 is 2.11 bits per heavy atom. The molecule has 4 rings (SSSR count).